The van der Waals surface area contributed by atoms with Crippen LogP contribution in [0.5, 0.6) is 0 Å². The highest BCUT2D eigenvalue weighted by atomic mass is 35.5. The maximum absolute atomic E-state index is 12.2. The van der Waals surface area contributed by atoms with Crippen LogP contribution in [0, 0.1) is 6.92 Å². The number of aromatic nitrogens is 3. The lowest BCUT2D eigenvalue weighted by atomic mass is 10.1. The van der Waals surface area contributed by atoms with Crippen molar-refractivity contribution < 1.29 is 9.21 Å². The third-order valence-corrected chi connectivity index (χ3v) is 4.62. The molecule has 1 saturated heterocycles. The second-order valence-electron chi connectivity index (χ2n) is 5.75. The molecule has 116 valence electrons. The lowest BCUT2D eigenvalue weighted by Crippen LogP contribution is -2.62. The number of amides is 1. The van der Waals surface area contributed by atoms with Crippen LogP contribution in [0.15, 0.2) is 16.5 Å². The van der Waals surface area contributed by atoms with E-state index in [-0.39, 0.29) is 11.1 Å². The number of carbonyl (C=O) groups excluding carboxylic acids is 1. The zero-order valence-electron chi connectivity index (χ0n) is 12.2. The smallest absolute Gasteiger partial charge is 0.289 e. The van der Waals surface area contributed by atoms with Crippen LogP contribution >= 0.6 is 11.6 Å². The molecule has 1 fully saturated rings. The summed E-state index contributed by atoms with van der Waals surface area (Å²) in [7, 11) is 0. The van der Waals surface area contributed by atoms with Crippen LogP contribution in [0.25, 0.3) is 0 Å². The van der Waals surface area contributed by atoms with E-state index in [1.807, 2.05) is 6.92 Å². The topological polar surface area (TPSA) is 67.4 Å². The Bertz CT molecular complexity index is 719. The molecule has 2 aliphatic heterocycles. The first kappa shape index (κ1) is 13.8. The number of hydrogen-bond acceptors (Lipinski definition) is 5. The maximum atomic E-state index is 12.2. The predicted molar refractivity (Wildman–Crippen MR) is 78.6 cm³/mol. The molecular weight excluding hydrogens is 306 g/mol. The zero-order chi connectivity index (χ0) is 15.3. The molecule has 1 amide bonds. The molecule has 4 heterocycles. The second kappa shape index (κ2) is 5.10. The summed E-state index contributed by atoms with van der Waals surface area (Å²) in [5.74, 6) is 2.18. The Morgan fingerprint density at radius 3 is 2.86 bits per heavy atom. The van der Waals surface area contributed by atoms with Crippen LogP contribution in [0.1, 0.15) is 22.2 Å². The van der Waals surface area contributed by atoms with Crippen molar-refractivity contribution in [2.45, 2.75) is 26.1 Å². The Labute approximate surface area is 132 Å². The van der Waals surface area contributed by atoms with E-state index in [0.717, 1.165) is 31.3 Å². The summed E-state index contributed by atoms with van der Waals surface area (Å²) in [4.78, 5) is 16.3. The van der Waals surface area contributed by atoms with Crippen LogP contribution in [0.2, 0.25) is 5.22 Å². The van der Waals surface area contributed by atoms with Gasteiger partial charge < -0.3 is 13.9 Å². The number of aryl methyl sites for hydroxylation is 1. The van der Waals surface area contributed by atoms with Gasteiger partial charge in [0.2, 0.25) is 0 Å². The highest BCUT2D eigenvalue weighted by Crippen LogP contribution is 2.23. The molecule has 0 aliphatic carbocycles. The van der Waals surface area contributed by atoms with Gasteiger partial charge in [-0.25, -0.2) is 0 Å². The average Bonchev–Trinajstić information content (AvgIpc) is 3.04. The van der Waals surface area contributed by atoms with E-state index in [0.29, 0.717) is 24.9 Å². The lowest BCUT2D eigenvalue weighted by molar-refractivity contribution is 0.0146. The first-order chi connectivity index (χ1) is 10.6. The fourth-order valence-electron chi connectivity index (χ4n) is 3.07. The molecule has 0 aromatic carbocycles. The van der Waals surface area contributed by atoms with Crippen LogP contribution in [0.3, 0.4) is 0 Å². The van der Waals surface area contributed by atoms with Gasteiger partial charge in [-0.3, -0.25) is 9.69 Å². The van der Waals surface area contributed by atoms with Gasteiger partial charge >= 0.3 is 0 Å². The minimum Gasteiger partial charge on any atom is -0.440 e. The van der Waals surface area contributed by atoms with Crippen molar-refractivity contribution in [2.24, 2.45) is 0 Å². The van der Waals surface area contributed by atoms with E-state index < -0.39 is 0 Å². The van der Waals surface area contributed by atoms with E-state index in [4.69, 9.17) is 16.0 Å². The molecule has 8 heteroatoms. The van der Waals surface area contributed by atoms with Crippen LogP contribution in [0.4, 0.5) is 0 Å². The molecule has 22 heavy (non-hydrogen) atoms. The molecule has 0 unspecified atom stereocenters. The van der Waals surface area contributed by atoms with Crippen LogP contribution in [-0.4, -0.2) is 56.1 Å². The Morgan fingerprint density at radius 1 is 1.32 bits per heavy atom. The molecule has 0 saturated carbocycles. The Morgan fingerprint density at radius 2 is 2.14 bits per heavy atom. The summed E-state index contributed by atoms with van der Waals surface area (Å²) in [5, 5.41) is 8.57. The highest BCUT2D eigenvalue weighted by molar-refractivity contribution is 6.29. The van der Waals surface area contributed by atoms with Gasteiger partial charge in [0.15, 0.2) is 11.0 Å². The molecule has 4 rings (SSSR count). The first-order valence-electron chi connectivity index (χ1n) is 7.29. The zero-order valence-corrected chi connectivity index (χ0v) is 13.0. The summed E-state index contributed by atoms with van der Waals surface area (Å²) in [6.07, 6.45) is 0. The van der Waals surface area contributed by atoms with Crippen molar-refractivity contribution >= 4 is 17.5 Å². The number of hydrogen-bond donors (Lipinski definition) is 0. The van der Waals surface area contributed by atoms with Gasteiger partial charge in [0.1, 0.15) is 11.6 Å². The molecular formula is C14H16ClN5O2. The predicted octanol–water partition coefficient (Wildman–Crippen LogP) is 1.17. The monoisotopic (exact) mass is 321 g/mol. The van der Waals surface area contributed by atoms with Crippen molar-refractivity contribution in [3.05, 3.63) is 34.8 Å². The fourth-order valence-corrected chi connectivity index (χ4v) is 3.22. The minimum atomic E-state index is -0.0980. The van der Waals surface area contributed by atoms with Gasteiger partial charge in [-0.05, 0) is 30.7 Å². The van der Waals surface area contributed by atoms with Crippen molar-refractivity contribution in [3.63, 3.8) is 0 Å². The van der Waals surface area contributed by atoms with Gasteiger partial charge in [-0.2, -0.15) is 0 Å². The standard InChI is InChI=1S/C14H16ClN5O2/c1-9-16-17-13-8-18(4-5-20(9)13)10-6-19(7-10)14(21)11-2-3-12(15)22-11/h2-3,10H,4-8H2,1H3. The van der Waals surface area contributed by atoms with Crippen LogP contribution in [-0.2, 0) is 13.1 Å². The van der Waals surface area contributed by atoms with E-state index in [1.165, 1.54) is 0 Å². The van der Waals surface area contributed by atoms with E-state index in [2.05, 4.69) is 19.7 Å². The Balaban J connectivity index is 1.37. The van der Waals surface area contributed by atoms with E-state index >= 15 is 0 Å². The SMILES string of the molecule is Cc1nnc2n1CCN(C1CN(C(=O)c3ccc(Cl)o3)C1)C2. The van der Waals surface area contributed by atoms with E-state index in [9.17, 15) is 4.79 Å². The number of nitrogens with zero attached hydrogens (tertiary/aromatic N) is 5. The largest absolute Gasteiger partial charge is 0.440 e. The third kappa shape index (κ3) is 2.21. The van der Waals surface area contributed by atoms with Crippen molar-refractivity contribution in [1.29, 1.82) is 0 Å². The number of furan rings is 1. The third-order valence-electron chi connectivity index (χ3n) is 4.42. The quantitative estimate of drug-likeness (QED) is 0.830. The van der Waals surface area contributed by atoms with Crippen molar-refractivity contribution in [2.75, 3.05) is 19.6 Å². The molecule has 0 spiro atoms. The maximum Gasteiger partial charge on any atom is 0.289 e. The first-order valence-corrected chi connectivity index (χ1v) is 7.67. The van der Waals surface area contributed by atoms with Crippen LogP contribution < -0.4 is 0 Å². The van der Waals surface area contributed by atoms with Crippen molar-refractivity contribution in [3.8, 4) is 0 Å². The van der Waals surface area contributed by atoms with Gasteiger partial charge in [0, 0.05) is 32.2 Å². The molecule has 2 aromatic heterocycles. The summed E-state index contributed by atoms with van der Waals surface area (Å²) < 4.78 is 7.33. The van der Waals surface area contributed by atoms with Gasteiger partial charge in [-0.15, -0.1) is 10.2 Å². The number of halogens is 1. The summed E-state index contributed by atoms with van der Waals surface area (Å²) >= 11 is 5.71. The molecule has 0 N–H and O–H groups in total. The number of carbonyl (C=O) groups is 1. The fraction of sp³-hybridized carbons (Fsp3) is 0.500. The van der Waals surface area contributed by atoms with Gasteiger partial charge in [-0.1, -0.05) is 0 Å². The molecule has 0 atom stereocenters. The van der Waals surface area contributed by atoms with Crippen molar-refractivity contribution in [1.82, 2.24) is 24.6 Å². The Kier molecular flexibility index (Phi) is 3.19. The summed E-state index contributed by atoms with van der Waals surface area (Å²) in [6.45, 7) is 6.07. The molecule has 2 aromatic rings. The summed E-state index contributed by atoms with van der Waals surface area (Å²) in [5.41, 5.74) is 0. The molecule has 7 nitrogen and oxygen atoms in total. The molecule has 0 bridgehead atoms. The minimum absolute atomic E-state index is 0.0980. The molecule has 2 aliphatic rings. The van der Waals surface area contributed by atoms with Gasteiger partial charge in [0.05, 0.1) is 6.54 Å². The lowest BCUT2D eigenvalue weighted by Gasteiger charge is -2.46. The Hall–Kier alpha value is -1.86. The molecule has 0 radical (unpaired) electrons. The average molecular weight is 322 g/mol. The van der Waals surface area contributed by atoms with E-state index in [1.54, 1.807) is 17.0 Å². The number of fused-ring (bicyclic) bond motifs is 1. The number of likely N-dealkylation sites (tertiary alicyclic amines) is 1. The number of rotatable bonds is 2. The summed E-state index contributed by atoms with van der Waals surface area (Å²) in [6, 6.07) is 3.58. The highest BCUT2D eigenvalue weighted by Gasteiger charge is 2.37. The normalized spacial score (nSPS) is 19.1. The van der Waals surface area contributed by atoms with Gasteiger partial charge in [0.25, 0.3) is 5.91 Å². The second-order valence-corrected chi connectivity index (χ2v) is 6.13.